The molecular weight excluding hydrogens is 450 g/mol. The number of hydrogen-bond donors (Lipinski definition) is 1. The van der Waals surface area contributed by atoms with Crippen molar-refractivity contribution in [2.75, 3.05) is 26.3 Å². The van der Waals surface area contributed by atoms with E-state index >= 15 is 0 Å². The summed E-state index contributed by atoms with van der Waals surface area (Å²) in [4.78, 5) is 15.6. The summed E-state index contributed by atoms with van der Waals surface area (Å²) in [6, 6.07) is 15.4. The summed E-state index contributed by atoms with van der Waals surface area (Å²) in [5.41, 5.74) is 6.51. The smallest absolute Gasteiger partial charge is 0.288 e. The van der Waals surface area contributed by atoms with Crippen LogP contribution in [0.5, 0.6) is 0 Å². The van der Waals surface area contributed by atoms with Crippen molar-refractivity contribution in [3.8, 4) is 11.1 Å². The van der Waals surface area contributed by atoms with Gasteiger partial charge in [0, 0.05) is 38.1 Å². The molecule has 3 atom stereocenters. The predicted octanol–water partition coefficient (Wildman–Crippen LogP) is 5.80. The number of aliphatic hydroxyl groups is 1. The van der Waals surface area contributed by atoms with Crippen molar-refractivity contribution in [1.29, 1.82) is 0 Å². The molecule has 3 aliphatic rings. The van der Waals surface area contributed by atoms with Crippen LogP contribution >= 0.6 is 0 Å². The average Bonchev–Trinajstić information content (AvgIpc) is 3.25. The Morgan fingerprint density at radius 2 is 1.78 bits per heavy atom. The zero-order chi connectivity index (χ0) is 24.9. The molecule has 1 N–H and O–H groups in total. The lowest BCUT2D eigenvalue weighted by Crippen LogP contribution is -2.41. The van der Waals surface area contributed by atoms with Crippen LogP contribution in [0.4, 0.5) is 0 Å². The molecule has 5 heteroatoms. The number of ether oxygens (including phenoxy) is 2. The SMILES string of the molecule is CCO[C@H]1OC(C(=O)N2CCCCCCC2)=C[C@@H](c2ccc3c(c2)Cc2ccccc2-3)[C@@H]1CCCO. The Bertz CT molecular complexity index is 1090. The minimum Gasteiger partial charge on any atom is -0.459 e. The Hall–Kier alpha value is -2.63. The first-order valence-electron chi connectivity index (χ1n) is 13.8. The third-order valence-corrected chi connectivity index (χ3v) is 7.97. The van der Waals surface area contributed by atoms with Gasteiger partial charge in [0.05, 0.1) is 0 Å². The first-order valence-corrected chi connectivity index (χ1v) is 13.8. The summed E-state index contributed by atoms with van der Waals surface area (Å²) in [6.07, 6.45) is 9.61. The molecule has 1 amide bonds. The largest absolute Gasteiger partial charge is 0.459 e. The summed E-state index contributed by atoms with van der Waals surface area (Å²) in [5, 5.41) is 9.60. The van der Waals surface area contributed by atoms with Gasteiger partial charge in [-0.1, -0.05) is 61.7 Å². The normalized spacial score (nSPS) is 23.7. The van der Waals surface area contributed by atoms with Crippen LogP contribution in [-0.2, 0) is 20.7 Å². The van der Waals surface area contributed by atoms with E-state index in [1.807, 2.05) is 17.9 Å². The van der Waals surface area contributed by atoms with E-state index in [9.17, 15) is 9.90 Å². The number of benzene rings is 2. The average molecular weight is 490 g/mol. The molecule has 0 aromatic heterocycles. The van der Waals surface area contributed by atoms with Crippen LogP contribution < -0.4 is 0 Å². The van der Waals surface area contributed by atoms with E-state index in [0.717, 1.165) is 38.8 Å². The summed E-state index contributed by atoms with van der Waals surface area (Å²) >= 11 is 0. The molecule has 1 fully saturated rings. The standard InChI is InChI=1S/C31H39NO4/c1-2-35-31-27(13-10-18-33)28(21-29(36-31)30(34)32-16-8-4-3-5-9-17-32)23-14-15-26-24(20-23)19-22-11-6-7-12-25(22)26/h6-7,11-12,14-15,20-21,27-28,31,33H,2-5,8-10,13,16-19H2,1H3/t27-,28-,31-/m0/s1. The van der Waals surface area contributed by atoms with Crippen LogP contribution in [0.2, 0.25) is 0 Å². The fourth-order valence-corrected chi connectivity index (χ4v) is 6.12. The van der Waals surface area contributed by atoms with Gasteiger partial charge in [0.2, 0.25) is 6.29 Å². The number of rotatable bonds is 7. The second-order valence-electron chi connectivity index (χ2n) is 10.3. The molecule has 5 rings (SSSR count). The van der Waals surface area contributed by atoms with Gasteiger partial charge in [-0.15, -0.1) is 0 Å². The molecule has 0 saturated carbocycles. The second-order valence-corrected chi connectivity index (χ2v) is 10.3. The molecule has 2 aromatic rings. The van der Waals surface area contributed by atoms with E-state index in [1.54, 1.807) is 0 Å². The fraction of sp³-hybridized carbons (Fsp3) is 0.516. The summed E-state index contributed by atoms with van der Waals surface area (Å²) in [6.45, 7) is 4.18. The highest BCUT2D eigenvalue weighted by molar-refractivity contribution is 5.92. The van der Waals surface area contributed by atoms with Crippen LogP contribution in [0.25, 0.3) is 11.1 Å². The van der Waals surface area contributed by atoms with Gasteiger partial charge >= 0.3 is 0 Å². The van der Waals surface area contributed by atoms with Gasteiger partial charge in [-0.05, 0) is 72.9 Å². The maximum absolute atomic E-state index is 13.6. The van der Waals surface area contributed by atoms with Gasteiger partial charge in [-0.25, -0.2) is 0 Å². The molecule has 2 aromatic carbocycles. The number of carbonyl (C=O) groups is 1. The summed E-state index contributed by atoms with van der Waals surface area (Å²) < 4.78 is 12.4. The topological polar surface area (TPSA) is 59.0 Å². The van der Waals surface area contributed by atoms with E-state index in [2.05, 4.69) is 42.5 Å². The molecule has 192 valence electrons. The zero-order valence-corrected chi connectivity index (χ0v) is 21.5. The number of allylic oxidation sites excluding steroid dienone is 1. The number of aliphatic hydroxyl groups excluding tert-OH is 1. The van der Waals surface area contributed by atoms with Crippen LogP contribution in [-0.4, -0.2) is 48.5 Å². The Balaban J connectivity index is 1.49. The lowest BCUT2D eigenvalue weighted by molar-refractivity contribution is -0.170. The Labute approximate surface area is 215 Å². The molecule has 0 bridgehead atoms. The van der Waals surface area contributed by atoms with Crippen molar-refractivity contribution in [2.45, 2.75) is 70.5 Å². The molecule has 1 aliphatic carbocycles. The number of likely N-dealkylation sites (tertiary alicyclic amines) is 1. The van der Waals surface area contributed by atoms with Crippen molar-refractivity contribution in [3.63, 3.8) is 0 Å². The van der Waals surface area contributed by atoms with Crippen molar-refractivity contribution < 1.29 is 19.4 Å². The molecule has 0 unspecified atom stereocenters. The molecule has 0 spiro atoms. The highest BCUT2D eigenvalue weighted by Crippen LogP contribution is 2.43. The molecule has 0 radical (unpaired) electrons. The first kappa shape index (κ1) is 25.0. The van der Waals surface area contributed by atoms with Gasteiger partial charge in [0.1, 0.15) is 0 Å². The maximum atomic E-state index is 13.6. The van der Waals surface area contributed by atoms with Crippen molar-refractivity contribution in [3.05, 3.63) is 71.0 Å². The van der Waals surface area contributed by atoms with Gasteiger partial charge < -0.3 is 19.5 Å². The highest BCUT2D eigenvalue weighted by Gasteiger charge is 2.39. The Kier molecular flexibility index (Phi) is 8.08. The molecule has 2 heterocycles. The minimum absolute atomic E-state index is 0.00966. The maximum Gasteiger partial charge on any atom is 0.288 e. The number of nitrogens with zero attached hydrogens (tertiary/aromatic N) is 1. The molecular formula is C31H39NO4. The molecule has 1 saturated heterocycles. The Morgan fingerprint density at radius 3 is 2.56 bits per heavy atom. The first-order chi connectivity index (χ1) is 17.7. The predicted molar refractivity (Wildman–Crippen MR) is 141 cm³/mol. The van der Waals surface area contributed by atoms with E-state index < -0.39 is 6.29 Å². The number of fused-ring (bicyclic) bond motifs is 3. The third kappa shape index (κ3) is 5.23. The molecule has 2 aliphatic heterocycles. The molecule has 36 heavy (non-hydrogen) atoms. The number of amides is 1. The van der Waals surface area contributed by atoms with E-state index in [4.69, 9.17) is 9.47 Å². The third-order valence-electron chi connectivity index (χ3n) is 7.97. The van der Waals surface area contributed by atoms with Crippen LogP contribution in [0.1, 0.15) is 74.5 Å². The summed E-state index contributed by atoms with van der Waals surface area (Å²) in [5.74, 6) is 0.427. The minimum atomic E-state index is -0.504. The van der Waals surface area contributed by atoms with Crippen molar-refractivity contribution >= 4 is 5.91 Å². The van der Waals surface area contributed by atoms with E-state index in [0.29, 0.717) is 18.8 Å². The highest BCUT2D eigenvalue weighted by atomic mass is 16.7. The van der Waals surface area contributed by atoms with Crippen LogP contribution in [0.15, 0.2) is 54.3 Å². The van der Waals surface area contributed by atoms with Gasteiger partial charge in [0.25, 0.3) is 5.91 Å². The van der Waals surface area contributed by atoms with Gasteiger partial charge in [0.15, 0.2) is 5.76 Å². The van der Waals surface area contributed by atoms with E-state index in [1.165, 1.54) is 47.1 Å². The van der Waals surface area contributed by atoms with E-state index in [-0.39, 0.29) is 24.3 Å². The van der Waals surface area contributed by atoms with Crippen LogP contribution in [0, 0.1) is 5.92 Å². The quantitative estimate of drug-likeness (QED) is 0.456. The van der Waals surface area contributed by atoms with Crippen molar-refractivity contribution in [1.82, 2.24) is 4.90 Å². The summed E-state index contributed by atoms with van der Waals surface area (Å²) in [7, 11) is 0. The van der Waals surface area contributed by atoms with Gasteiger partial charge in [-0.3, -0.25) is 4.79 Å². The number of carbonyl (C=O) groups excluding carboxylic acids is 1. The lowest BCUT2D eigenvalue weighted by atomic mass is 9.79. The van der Waals surface area contributed by atoms with Crippen molar-refractivity contribution in [2.24, 2.45) is 5.92 Å². The monoisotopic (exact) mass is 489 g/mol. The second kappa shape index (κ2) is 11.6. The molecule has 5 nitrogen and oxygen atoms in total. The van der Waals surface area contributed by atoms with Gasteiger partial charge in [-0.2, -0.15) is 0 Å². The zero-order valence-electron chi connectivity index (χ0n) is 21.5. The lowest BCUT2D eigenvalue weighted by Gasteiger charge is -2.38. The number of hydrogen-bond acceptors (Lipinski definition) is 4. The Morgan fingerprint density at radius 1 is 1.03 bits per heavy atom. The van der Waals surface area contributed by atoms with Crippen LogP contribution in [0.3, 0.4) is 0 Å². The fourth-order valence-electron chi connectivity index (χ4n) is 6.12.